The summed E-state index contributed by atoms with van der Waals surface area (Å²) in [6.45, 7) is 1.26. The molecule has 0 amide bonds. The maximum absolute atomic E-state index is 11.8. The van der Waals surface area contributed by atoms with Crippen LogP contribution in [0.5, 0.6) is 0 Å². The van der Waals surface area contributed by atoms with Crippen LogP contribution < -0.4 is 0 Å². The Morgan fingerprint density at radius 2 is 2.17 bits per heavy atom. The van der Waals surface area contributed by atoms with Gasteiger partial charge in [0.25, 0.3) is 0 Å². The number of rotatable bonds is 4. The first kappa shape index (κ1) is 15.4. The van der Waals surface area contributed by atoms with E-state index in [9.17, 15) is 9.59 Å². The second-order valence-electron chi connectivity index (χ2n) is 5.45. The van der Waals surface area contributed by atoms with E-state index in [2.05, 4.69) is 9.88 Å². The Hall–Kier alpha value is -2.48. The number of esters is 1. The summed E-state index contributed by atoms with van der Waals surface area (Å²) in [7, 11) is 2.02. The highest BCUT2D eigenvalue weighted by molar-refractivity contribution is 5.93. The molecule has 0 aliphatic carbocycles. The van der Waals surface area contributed by atoms with E-state index in [1.54, 1.807) is 6.07 Å². The van der Waals surface area contributed by atoms with Crippen molar-refractivity contribution in [1.29, 1.82) is 0 Å². The van der Waals surface area contributed by atoms with E-state index in [1.807, 2.05) is 7.05 Å². The number of carbonyl (C=O) groups excluding carboxylic acids is 2. The molecule has 1 N–H and O–H groups in total. The summed E-state index contributed by atoms with van der Waals surface area (Å²) < 4.78 is 19.9. The highest BCUT2D eigenvalue weighted by atomic mass is 16.8. The normalized spacial score (nSPS) is 16.4. The molecule has 0 unspecified atom stereocenters. The lowest BCUT2D eigenvalue weighted by Gasteiger charge is -2.28. The fraction of sp³-hybridized carbons (Fsp3) is 0.467. The summed E-state index contributed by atoms with van der Waals surface area (Å²) in [5.74, 6) is -0.636. The van der Waals surface area contributed by atoms with Gasteiger partial charge in [-0.25, -0.2) is 9.59 Å². The molecule has 1 saturated heterocycles. The highest BCUT2D eigenvalue weighted by Crippen LogP contribution is 2.16. The van der Waals surface area contributed by atoms with Crippen LogP contribution in [0.2, 0.25) is 0 Å². The van der Waals surface area contributed by atoms with Crippen LogP contribution in [0.4, 0.5) is 4.79 Å². The zero-order chi connectivity index (χ0) is 16.2. The summed E-state index contributed by atoms with van der Waals surface area (Å²) >= 11 is 0. The minimum absolute atomic E-state index is 0. The van der Waals surface area contributed by atoms with E-state index in [1.165, 1.54) is 12.3 Å². The highest BCUT2D eigenvalue weighted by Gasteiger charge is 2.21. The molecule has 1 aliphatic heterocycles. The first-order chi connectivity index (χ1) is 11.1. The first-order valence-electron chi connectivity index (χ1n) is 7.37. The molecule has 2 aromatic rings. The average molecular weight is 324 g/mol. The van der Waals surface area contributed by atoms with Gasteiger partial charge in [0, 0.05) is 26.6 Å². The molecule has 0 spiro atoms. The lowest BCUT2D eigenvalue weighted by atomic mass is 10.1. The Labute approximate surface area is 133 Å². The number of aromatic nitrogens is 1. The van der Waals surface area contributed by atoms with Crippen molar-refractivity contribution in [2.75, 3.05) is 26.9 Å². The van der Waals surface area contributed by atoms with Gasteiger partial charge in [-0.3, -0.25) is 0 Å². The van der Waals surface area contributed by atoms with Crippen LogP contribution in [0.15, 0.2) is 22.8 Å². The van der Waals surface area contributed by atoms with Gasteiger partial charge in [0.05, 0.1) is 11.8 Å². The lowest BCUT2D eigenvalue weighted by Crippen LogP contribution is -2.35. The van der Waals surface area contributed by atoms with Gasteiger partial charge in [-0.15, -0.1) is 0 Å². The minimum Gasteiger partial charge on any atom is -0.463 e. The summed E-state index contributed by atoms with van der Waals surface area (Å²) in [5.41, 5.74) is 1.48. The zero-order valence-corrected chi connectivity index (χ0v) is 12.7. The third-order valence-electron chi connectivity index (χ3n) is 3.76. The largest absolute Gasteiger partial charge is 0.511 e. The van der Waals surface area contributed by atoms with Gasteiger partial charge in [-0.1, -0.05) is 0 Å². The van der Waals surface area contributed by atoms with E-state index in [-0.39, 0.29) is 13.2 Å². The SMILES string of the molecule is CN1CCC(OC(=O)OCOC(=O)c2cc3occc3[nH]2)CC1.[HH]. The summed E-state index contributed by atoms with van der Waals surface area (Å²) in [6.07, 6.45) is 2.08. The second kappa shape index (κ2) is 6.74. The molecule has 0 atom stereocenters. The van der Waals surface area contributed by atoms with Gasteiger partial charge in [0.2, 0.25) is 6.79 Å². The molecule has 23 heavy (non-hydrogen) atoms. The standard InChI is InChI=1S/C15H18N2O6.H2/c1-17-5-2-10(3-6-17)23-15(19)22-9-21-14(18)12-8-13-11(16-12)4-7-20-13;/h4,7-8,10,16H,2-3,5-6,9H2,1H3;1H. The van der Waals surface area contributed by atoms with Crippen molar-refractivity contribution in [1.82, 2.24) is 9.88 Å². The molecule has 0 aromatic carbocycles. The van der Waals surface area contributed by atoms with Crippen LogP contribution in [0.3, 0.4) is 0 Å². The van der Waals surface area contributed by atoms with Crippen LogP contribution in [-0.2, 0) is 14.2 Å². The summed E-state index contributed by atoms with van der Waals surface area (Å²) in [4.78, 5) is 28.3. The van der Waals surface area contributed by atoms with E-state index in [0.29, 0.717) is 11.1 Å². The zero-order valence-electron chi connectivity index (χ0n) is 12.7. The number of nitrogens with zero attached hydrogens (tertiary/aromatic N) is 1. The quantitative estimate of drug-likeness (QED) is 0.681. The Bertz CT molecular complexity index is 661. The van der Waals surface area contributed by atoms with Gasteiger partial charge in [-0.05, 0) is 19.9 Å². The fourth-order valence-electron chi connectivity index (χ4n) is 2.44. The molecule has 3 rings (SSSR count). The van der Waals surface area contributed by atoms with E-state index in [0.717, 1.165) is 25.9 Å². The maximum atomic E-state index is 11.8. The smallest absolute Gasteiger partial charge is 0.463 e. The van der Waals surface area contributed by atoms with Crippen molar-refractivity contribution in [3.8, 4) is 0 Å². The molecule has 8 nitrogen and oxygen atoms in total. The first-order valence-corrected chi connectivity index (χ1v) is 7.37. The maximum Gasteiger partial charge on any atom is 0.511 e. The molecule has 3 heterocycles. The Morgan fingerprint density at radius 3 is 2.91 bits per heavy atom. The average Bonchev–Trinajstić information content (AvgIpc) is 3.11. The minimum atomic E-state index is -0.826. The number of carbonyl (C=O) groups is 2. The van der Waals surface area contributed by atoms with Gasteiger partial charge < -0.3 is 28.5 Å². The van der Waals surface area contributed by atoms with Gasteiger partial charge in [-0.2, -0.15) is 0 Å². The summed E-state index contributed by atoms with van der Waals surface area (Å²) in [6, 6.07) is 3.22. The number of likely N-dealkylation sites (tertiary alicyclic amines) is 1. The van der Waals surface area contributed by atoms with Crippen LogP contribution in [0.1, 0.15) is 24.8 Å². The van der Waals surface area contributed by atoms with Crippen molar-refractivity contribution in [2.24, 2.45) is 0 Å². The van der Waals surface area contributed by atoms with E-state index in [4.69, 9.17) is 18.6 Å². The van der Waals surface area contributed by atoms with Gasteiger partial charge in [0.1, 0.15) is 11.8 Å². The fourth-order valence-corrected chi connectivity index (χ4v) is 2.44. The predicted octanol–water partition coefficient (Wildman–Crippen LogP) is 2.37. The molecule has 0 radical (unpaired) electrons. The number of furan rings is 1. The number of hydrogen-bond donors (Lipinski definition) is 1. The molecular formula is C15H20N2O6. The molecule has 1 aliphatic rings. The van der Waals surface area contributed by atoms with E-state index >= 15 is 0 Å². The van der Waals surface area contributed by atoms with Crippen molar-refractivity contribution in [3.63, 3.8) is 0 Å². The third kappa shape index (κ3) is 3.84. The number of hydrogen-bond acceptors (Lipinski definition) is 7. The van der Waals surface area contributed by atoms with Crippen LogP contribution in [-0.4, -0.2) is 55.0 Å². The molecule has 126 valence electrons. The second-order valence-corrected chi connectivity index (χ2v) is 5.45. The van der Waals surface area contributed by atoms with E-state index < -0.39 is 18.9 Å². The van der Waals surface area contributed by atoms with Crippen LogP contribution in [0, 0.1) is 0 Å². The summed E-state index contributed by atoms with van der Waals surface area (Å²) in [5, 5.41) is 0. The molecule has 0 saturated carbocycles. The van der Waals surface area contributed by atoms with Crippen molar-refractivity contribution in [2.45, 2.75) is 18.9 Å². The molecule has 8 heteroatoms. The number of nitrogens with one attached hydrogen (secondary N) is 1. The Kier molecular flexibility index (Phi) is 4.52. The number of ether oxygens (including phenoxy) is 3. The number of H-pyrrole nitrogens is 1. The van der Waals surface area contributed by atoms with Gasteiger partial charge in [0.15, 0.2) is 5.58 Å². The number of piperidine rings is 1. The number of aromatic amines is 1. The number of fused-ring (bicyclic) bond motifs is 1. The molecule has 2 aromatic heterocycles. The predicted molar refractivity (Wildman–Crippen MR) is 81.0 cm³/mol. The van der Waals surface area contributed by atoms with Crippen molar-refractivity contribution >= 4 is 23.2 Å². The van der Waals surface area contributed by atoms with Crippen LogP contribution in [0.25, 0.3) is 11.1 Å². The molecule has 0 bridgehead atoms. The molecular weight excluding hydrogens is 304 g/mol. The van der Waals surface area contributed by atoms with Crippen molar-refractivity contribution < 1.29 is 29.6 Å². The third-order valence-corrected chi connectivity index (χ3v) is 3.76. The van der Waals surface area contributed by atoms with Gasteiger partial charge >= 0.3 is 12.1 Å². The molecule has 1 fully saturated rings. The van der Waals surface area contributed by atoms with Crippen LogP contribution >= 0.6 is 0 Å². The lowest BCUT2D eigenvalue weighted by molar-refractivity contribution is -0.0459. The topological polar surface area (TPSA) is 94.0 Å². The Balaban J connectivity index is 0.00000208. The van der Waals surface area contributed by atoms with Crippen molar-refractivity contribution in [3.05, 3.63) is 24.1 Å². The monoisotopic (exact) mass is 324 g/mol. The Morgan fingerprint density at radius 1 is 1.39 bits per heavy atom.